The second-order valence-corrected chi connectivity index (χ2v) is 16.5. The number of carbonyl (C=O) groups excluding carboxylic acids is 3. The predicted molar refractivity (Wildman–Crippen MR) is 235 cm³/mol. The predicted octanol–water partition coefficient (Wildman–Crippen LogP) is 10.6. The largest absolute Gasteiger partial charge is 0.469 e. The smallest absolute Gasteiger partial charge is 0.307 e. The summed E-state index contributed by atoms with van der Waals surface area (Å²) in [6.45, 7) is 10.5. The number of amides is 1. The number of hydrogen-bond acceptors (Lipinski definition) is 8. The summed E-state index contributed by atoms with van der Waals surface area (Å²) in [6.07, 6.45) is 31.8. The lowest BCUT2D eigenvalue weighted by Crippen LogP contribution is -2.43. The first-order valence-electron chi connectivity index (χ1n) is 23.0. The molecule has 0 aromatic heterocycles. The summed E-state index contributed by atoms with van der Waals surface area (Å²) < 4.78 is 9.80. The molecular formula is C46H94N4O5. The minimum Gasteiger partial charge on any atom is -0.469 e. The molecule has 2 atom stereocenters. The van der Waals surface area contributed by atoms with E-state index in [1.807, 2.05) is 4.90 Å². The molecule has 0 aromatic carbocycles. The molecule has 0 saturated heterocycles. The molecule has 9 nitrogen and oxygen atoms in total. The molecule has 2 unspecified atom stereocenters. The van der Waals surface area contributed by atoms with Crippen molar-refractivity contribution in [1.29, 1.82) is 0 Å². The lowest BCUT2D eigenvalue weighted by atomic mass is 10.0. The number of nitrogens with one attached hydrogen (secondary N) is 1. The van der Waals surface area contributed by atoms with Crippen molar-refractivity contribution in [2.75, 3.05) is 68.6 Å². The van der Waals surface area contributed by atoms with Gasteiger partial charge >= 0.3 is 11.9 Å². The van der Waals surface area contributed by atoms with Gasteiger partial charge in [-0.2, -0.15) is 0 Å². The fraction of sp³-hybridized carbons (Fsp3) is 0.935. The van der Waals surface area contributed by atoms with E-state index in [0.29, 0.717) is 19.3 Å². The van der Waals surface area contributed by atoms with Crippen molar-refractivity contribution < 1.29 is 23.9 Å². The topological polar surface area (TPSA) is 91.4 Å². The lowest BCUT2D eigenvalue weighted by Gasteiger charge is -2.32. The van der Waals surface area contributed by atoms with Crippen molar-refractivity contribution in [3.05, 3.63) is 0 Å². The Bertz CT molecular complexity index is 856. The minimum atomic E-state index is -0.204. The van der Waals surface area contributed by atoms with E-state index in [2.05, 4.69) is 64.1 Å². The maximum Gasteiger partial charge on any atom is 0.307 e. The highest BCUT2D eigenvalue weighted by Crippen LogP contribution is 2.19. The van der Waals surface area contributed by atoms with Crippen molar-refractivity contribution in [2.24, 2.45) is 0 Å². The minimum absolute atomic E-state index is 0.0349. The third-order valence-electron chi connectivity index (χ3n) is 10.5. The third kappa shape index (κ3) is 38.9. The Hall–Kier alpha value is -1.71. The highest BCUT2D eigenvalue weighted by molar-refractivity contribution is 5.78. The van der Waals surface area contributed by atoms with Crippen LogP contribution in [0.25, 0.3) is 0 Å². The van der Waals surface area contributed by atoms with Crippen LogP contribution in [-0.4, -0.2) is 113 Å². The molecule has 328 valence electrons. The molecule has 0 spiro atoms. The summed E-state index contributed by atoms with van der Waals surface area (Å²) in [7, 11) is 11.2. The maximum absolute atomic E-state index is 13.2. The fourth-order valence-corrected chi connectivity index (χ4v) is 7.04. The van der Waals surface area contributed by atoms with Crippen LogP contribution in [0.5, 0.6) is 0 Å². The summed E-state index contributed by atoms with van der Waals surface area (Å²) in [6, 6.07) is 0.234. The molecule has 0 heterocycles. The van der Waals surface area contributed by atoms with Crippen LogP contribution in [0.4, 0.5) is 0 Å². The number of carbonyl (C=O) groups is 3. The zero-order valence-corrected chi connectivity index (χ0v) is 38.2. The molecule has 0 aromatic rings. The standard InChI is InChI=1S/C28H56N2O3.C18H38N2O2/c1-6-8-10-12-14-16-18-21-26(25-28(32)33-5)30(24-20-23-29(3)4)27(31)22-19-17-15-13-11-9-7-2;1-5-6-7-8-9-10-11-13-17(16-18(21)22-4)19-14-12-15-20(2)3/h26H,6-25H2,1-5H3;17,19H,5-16H2,1-4H3. The van der Waals surface area contributed by atoms with E-state index in [1.54, 1.807) is 0 Å². The summed E-state index contributed by atoms with van der Waals surface area (Å²) in [5.74, 6) is -0.0866. The van der Waals surface area contributed by atoms with Crippen molar-refractivity contribution >= 4 is 17.8 Å². The van der Waals surface area contributed by atoms with E-state index >= 15 is 0 Å². The molecule has 0 saturated carbocycles. The van der Waals surface area contributed by atoms with Gasteiger partial charge in [0.05, 0.1) is 27.1 Å². The van der Waals surface area contributed by atoms with Gasteiger partial charge in [0.2, 0.25) is 5.91 Å². The molecule has 0 bridgehead atoms. The van der Waals surface area contributed by atoms with Gasteiger partial charge in [-0.1, -0.05) is 149 Å². The molecule has 0 aliphatic carbocycles. The van der Waals surface area contributed by atoms with Gasteiger partial charge in [-0.3, -0.25) is 14.4 Å². The van der Waals surface area contributed by atoms with E-state index in [0.717, 1.165) is 71.1 Å². The van der Waals surface area contributed by atoms with E-state index in [1.165, 1.54) is 130 Å². The van der Waals surface area contributed by atoms with E-state index in [-0.39, 0.29) is 29.9 Å². The van der Waals surface area contributed by atoms with Crippen molar-refractivity contribution in [3.8, 4) is 0 Å². The molecule has 9 heteroatoms. The highest BCUT2D eigenvalue weighted by atomic mass is 16.5. The number of unbranched alkanes of at least 4 members (excludes halogenated alkanes) is 18. The molecule has 0 fully saturated rings. The Labute approximate surface area is 342 Å². The second-order valence-electron chi connectivity index (χ2n) is 16.5. The molecule has 1 N–H and O–H groups in total. The Morgan fingerprint density at radius 3 is 1.38 bits per heavy atom. The number of nitrogens with zero attached hydrogens (tertiary/aromatic N) is 3. The quantitative estimate of drug-likeness (QED) is 0.0489. The van der Waals surface area contributed by atoms with Crippen LogP contribution in [0, 0.1) is 0 Å². The molecule has 0 aliphatic heterocycles. The van der Waals surface area contributed by atoms with Crippen molar-refractivity contribution in [1.82, 2.24) is 20.0 Å². The zero-order valence-electron chi connectivity index (χ0n) is 38.2. The van der Waals surface area contributed by atoms with Crippen LogP contribution in [-0.2, 0) is 23.9 Å². The molecule has 0 aliphatic rings. The average molecular weight is 783 g/mol. The van der Waals surface area contributed by atoms with Gasteiger partial charge in [0, 0.05) is 25.0 Å². The first kappa shape index (κ1) is 55.4. The van der Waals surface area contributed by atoms with Crippen LogP contribution in [0.15, 0.2) is 0 Å². The Morgan fingerprint density at radius 2 is 0.909 bits per heavy atom. The second kappa shape index (κ2) is 41.9. The average Bonchev–Trinajstić information content (AvgIpc) is 3.16. The van der Waals surface area contributed by atoms with Crippen LogP contribution >= 0.6 is 0 Å². The van der Waals surface area contributed by atoms with Crippen LogP contribution in [0.3, 0.4) is 0 Å². The summed E-state index contributed by atoms with van der Waals surface area (Å²) in [5, 5.41) is 3.52. The van der Waals surface area contributed by atoms with Crippen molar-refractivity contribution in [2.45, 2.75) is 213 Å². The molecule has 0 radical (unpaired) electrons. The summed E-state index contributed by atoms with van der Waals surface area (Å²) in [5.41, 5.74) is 0. The van der Waals surface area contributed by atoms with Crippen molar-refractivity contribution in [3.63, 3.8) is 0 Å². The molecule has 0 rings (SSSR count). The SMILES string of the molecule is CCCCCCCCCC(=O)N(CCCN(C)C)C(CCCCCCCCC)CC(=O)OC.CCCCCCCCCC(CC(=O)OC)NCCCN(C)C. The zero-order chi connectivity index (χ0) is 41.4. The lowest BCUT2D eigenvalue weighted by molar-refractivity contribution is -0.144. The number of esters is 2. The first-order chi connectivity index (χ1) is 26.6. The highest BCUT2D eigenvalue weighted by Gasteiger charge is 2.25. The molecular weight excluding hydrogens is 689 g/mol. The van der Waals surface area contributed by atoms with E-state index < -0.39 is 0 Å². The monoisotopic (exact) mass is 783 g/mol. The van der Waals surface area contributed by atoms with Crippen LogP contribution < -0.4 is 5.32 Å². The number of methoxy groups -OCH3 is 2. The number of hydrogen-bond donors (Lipinski definition) is 1. The van der Waals surface area contributed by atoms with Gasteiger partial charge < -0.3 is 29.5 Å². The van der Waals surface area contributed by atoms with Crippen LogP contribution in [0.1, 0.15) is 201 Å². The Balaban J connectivity index is 0. The van der Waals surface area contributed by atoms with Gasteiger partial charge in [0.1, 0.15) is 0 Å². The Kier molecular flexibility index (Phi) is 42.2. The van der Waals surface area contributed by atoms with E-state index in [4.69, 9.17) is 9.47 Å². The maximum atomic E-state index is 13.2. The Morgan fingerprint density at radius 1 is 0.491 bits per heavy atom. The van der Waals surface area contributed by atoms with Crippen LogP contribution in [0.2, 0.25) is 0 Å². The van der Waals surface area contributed by atoms with Gasteiger partial charge in [-0.05, 0) is 79.9 Å². The van der Waals surface area contributed by atoms with Gasteiger partial charge in [-0.25, -0.2) is 0 Å². The normalized spacial score (nSPS) is 12.3. The van der Waals surface area contributed by atoms with Gasteiger partial charge in [-0.15, -0.1) is 0 Å². The summed E-state index contributed by atoms with van der Waals surface area (Å²) in [4.78, 5) is 43.3. The van der Waals surface area contributed by atoms with Gasteiger partial charge in [0.15, 0.2) is 0 Å². The fourth-order valence-electron chi connectivity index (χ4n) is 7.04. The van der Waals surface area contributed by atoms with Gasteiger partial charge in [0.25, 0.3) is 0 Å². The molecule has 1 amide bonds. The van der Waals surface area contributed by atoms with E-state index in [9.17, 15) is 14.4 Å². The molecule has 55 heavy (non-hydrogen) atoms. The third-order valence-corrected chi connectivity index (χ3v) is 10.5. The summed E-state index contributed by atoms with van der Waals surface area (Å²) >= 11 is 0. The number of ether oxygens (including phenoxy) is 2. The first-order valence-corrected chi connectivity index (χ1v) is 23.0. The number of rotatable bonds is 38.